The third-order valence-corrected chi connectivity index (χ3v) is 5.91. The van der Waals surface area contributed by atoms with E-state index in [0.717, 1.165) is 26.5 Å². The van der Waals surface area contributed by atoms with E-state index in [1.54, 1.807) is 16.2 Å². The van der Waals surface area contributed by atoms with Gasteiger partial charge in [-0.3, -0.25) is 9.59 Å². The Hall–Kier alpha value is -2.73. The number of likely N-dealkylation sites (tertiary alicyclic amines) is 1. The number of rotatable bonds is 4. The molecular formula is C21H21N3O2S. The van der Waals surface area contributed by atoms with Gasteiger partial charge in [0.25, 0.3) is 0 Å². The van der Waals surface area contributed by atoms with E-state index in [2.05, 4.69) is 16.4 Å². The Morgan fingerprint density at radius 3 is 2.78 bits per heavy atom. The highest BCUT2D eigenvalue weighted by atomic mass is 32.1. The Bertz CT molecular complexity index is 978. The number of fused-ring (bicyclic) bond motifs is 1. The Labute approximate surface area is 162 Å². The molecule has 1 N–H and O–H groups in total. The zero-order valence-corrected chi connectivity index (χ0v) is 16.1. The fourth-order valence-electron chi connectivity index (χ4n) is 3.38. The summed E-state index contributed by atoms with van der Waals surface area (Å²) in [5, 5.41) is 3.89. The quantitative estimate of drug-likeness (QED) is 0.740. The SMILES string of the molecule is CC(C)N1C[C@@H](C(=O)Nc2cccc(-c3nc4ccccc4s3)c2)CC1=O. The van der Waals surface area contributed by atoms with E-state index in [0.29, 0.717) is 6.54 Å². The van der Waals surface area contributed by atoms with Crippen LogP contribution in [0.3, 0.4) is 0 Å². The van der Waals surface area contributed by atoms with Gasteiger partial charge in [0.15, 0.2) is 0 Å². The fourth-order valence-corrected chi connectivity index (χ4v) is 4.34. The van der Waals surface area contributed by atoms with Gasteiger partial charge in [-0.2, -0.15) is 0 Å². The van der Waals surface area contributed by atoms with Gasteiger partial charge in [0.2, 0.25) is 11.8 Å². The van der Waals surface area contributed by atoms with Crippen molar-refractivity contribution in [1.29, 1.82) is 0 Å². The summed E-state index contributed by atoms with van der Waals surface area (Å²) in [7, 11) is 0. The molecular weight excluding hydrogens is 358 g/mol. The van der Waals surface area contributed by atoms with Crippen molar-refractivity contribution in [2.45, 2.75) is 26.3 Å². The van der Waals surface area contributed by atoms with Crippen LogP contribution in [0.25, 0.3) is 20.8 Å². The van der Waals surface area contributed by atoms with Crippen LogP contribution >= 0.6 is 11.3 Å². The third-order valence-electron chi connectivity index (χ3n) is 4.82. The molecule has 1 fully saturated rings. The molecule has 0 aliphatic carbocycles. The number of thiazole rings is 1. The lowest BCUT2D eigenvalue weighted by Crippen LogP contribution is -2.33. The van der Waals surface area contributed by atoms with Gasteiger partial charge in [0.05, 0.1) is 16.1 Å². The lowest BCUT2D eigenvalue weighted by molar-refractivity contribution is -0.129. The second-order valence-electron chi connectivity index (χ2n) is 7.10. The first-order valence-electron chi connectivity index (χ1n) is 9.07. The summed E-state index contributed by atoms with van der Waals surface area (Å²) in [5.41, 5.74) is 2.68. The van der Waals surface area contributed by atoms with Crippen LogP contribution in [0.1, 0.15) is 20.3 Å². The highest BCUT2D eigenvalue weighted by molar-refractivity contribution is 7.21. The van der Waals surface area contributed by atoms with E-state index in [1.807, 2.05) is 56.3 Å². The predicted molar refractivity (Wildman–Crippen MR) is 109 cm³/mol. The van der Waals surface area contributed by atoms with Crippen LogP contribution in [0.2, 0.25) is 0 Å². The molecule has 2 aromatic carbocycles. The van der Waals surface area contributed by atoms with Crippen LogP contribution in [0, 0.1) is 5.92 Å². The number of hydrogen-bond acceptors (Lipinski definition) is 4. The Balaban J connectivity index is 1.51. The molecule has 0 unspecified atom stereocenters. The summed E-state index contributed by atoms with van der Waals surface area (Å²) in [4.78, 5) is 31.1. The lowest BCUT2D eigenvalue weighted by atomic mass is 10.1. The summed E-state index contributed by atoms with van der Waals surface area (Å²) in [5.74, 6) is -0.354. The van der Waals surface area contributed by atoms with Gasteiger partial charge in [-0.1, -0.05) is 24.3 Å². The minimum absolute atomic E-state index is 0.0494. The first kappa shape index (κ1) is 17.7. The molecule has 4 rings (SSSR count). The van der Waals surface area contributed by atoms with Crippen molar-refractivity contribution in [3.05, 3.63) is 48.5 Å². The second kappa shape index (κ2) is 7.12. The zero-order valence-electron chi connectivity index (χ0n) is 15.3. The minimum atomic E-state index is -0.300. The van der Waals surface area contributed by atoms with Crippen LogP contribution in [-0.2, 0) is 9.59 Å². The number of aromatic nitrogens is 1. The maximum atomic E-state index is 12.6. The lowest BCUT2D eigenvalue weighted by Gasteiger charge is -2.20. The molecule has 6 heteroatoms. The monoisotopic (exact) mass is 379 g/mol. The number of amides is 2. The van der Waals surface area contributed by atoms with E-state index >= 15 is 0 Å². The molecule has 27 heavy (non-hydrogen) atoms. The van der Waals surface area contributed by atoms with E-state index in [4.69, 9.17) is 0 Å². The van der Waals surface area contributed by atoms with Crippen LogP contribution in [0.4, 0.5) is 5.69 Å². The molecule has 1 aliphatic rings. The van der Waals surface area contributed by atoms with Gasteiger partial charge in [-0.25, -0.2) is 4.98 Å². The van der Waals surface area contributed by atoms with Crippen molar-refractivity contribution in [3.8, 4) is 10.6 Å². The van der Waals surface area contributed by atoms with E-state index < -0.39 is 0 Å². The van der Waals surface area contributed by atoms with Crippen LogP contribution < -0.4 is 5.32 Å². The molecule has 138 valence electrons. The first-order chi connectivity index (χ1) is 13.0. The Morgan fingerprint density at radius 1 is 1.22 bits per heavy atom. The maximum absolute atomic E-state index is 12.6. The normalized spacial score (nSPS) is 17.1. The van der Waals surface area contributed by atoms with Gasteiger partial charge < -0.3 is 10.2 Å². The summed E-state index contributed by atoms with van der Waals surface area (Å²) in [6.07, 6.45) is 0.279. The van der Waals surface area contributed by atoms with Crippen molar-refractivity contribution in [3.63, 3.8) is 0 Å². The number of nitrogens with zero attached hydrogens (tertiary/aromatic N) is 2. The summed E-state index contributed by atoms with van der Waals surface area (Å²) < 4.78 is 1.14. The number of carbonyl (C=O) groups is 2. The smallest absolute Gasteiger partial charge is 0.229 e. The number of benzene rings is 2. The van der Waals surface area contributed by atoms with Crippen molar-refractivity contribution in [2.24, 2.45) is 5.92 Å². The molecule has 0 bridgehead atoms. The topological polar surface area (TPSA) is 62.3 Å². The summed E-state index contributed by atoms with van der Waals surface area (Å²) in [6.45, 7) is 4.43. The largest absolute Gasteiger partial charge is 0.339 e. The minimum Gasteiger partial charge on any atom is -0.339 e. The van der Waals surface area contributed by atoms with Gasteiger partial charge >= 0.3 is 0 Å². The molecule has 1 saturated heterocycles. The van der Waals surface area contributed by atoms with Gasteiger partial charge in [-0.15, -0.1) is 11.3 Å². The molecule has 2 amide bonds. The number of hydrogen-bond donors (Lipinski definition) is 1. The molecule has 0 radical (unpaired) electrons. The Kier molecular flexibility index (Phi) is 4.66. The highest BCUT2D eigenvalue weighted by Gasteiger charge is 2.35. The molecule has 0 saturated carbocycles. The number of nitrogens with one attached hydrogen (secondary N) is 1. The molecule has 1 aromatic heterocycles. The standard InChI is InChI=1S/C21H21N3O2S/c1-13(2)24-12-15(11-19(24)25)20(26)22-16-7-5-6-14(10-16)21-23-17-8-3-4-9-18(17)27-21/h3-10,13,15H,11-12H2,1-2H3,(H,22,26)/t15-/m0/s1. The van der Waals surface area contributed by atoms with Crippen molar-refractivity contribution >= 4 is 39.1 Å². The highest BCUT2D eigenvalue weighted by Crippen LogP contribution is 2.31. The van der Waals surface area contributed by atoms with Crippen LogP contribution in [-0.4, -0.2) is 34.3 Å². The van der Waals surface area contributed by atoms with Gasteiger partial charge in [0.1, 0.15) is 5.01 Å². The molecule has 0 spiro atoms. The van der Waals surface area contributed by atoms with E-state index in [1.165, 1.54) is 0 Å². The average Bonchev–Trinajstić information content (AvgIpc) is 3.25. The first-order valence-corrected chi connectivity index (χ1v) is 9.89. The predicted octanol–water partition coefficient (Wildman–Crippen LogP) is 4.16. The number of carbonyl (C=O) groups excluding carboxylic acids is 2. The van der Waals surface area contributed by atoms with Crippen LogP contribution in [0.5, 0.6) is 0 Å². The zero-order chi connectivity index (χ0) is 19.0. The van der Waals surface area contributed by atoms with Crippen molar-refractivity contribution in [2.75, 3.05) is 11.9 Å². The summed E-state index contributed by atoms with van der Waals surface area (Å²) in [6, 6.07) is 15.9. The molecule has 3 aromatic rings. The van der Waals surface area contributed by atoms with Crippen LogP contribution in [0.15, 0.2) is 48.5 Å². The van der Waals surface area contributed by atoms with Crippen molar-refractivity contribution < 1.29 is 9.59 Å². The number of anilines is 1. The van der Waals surface area contributed by atoms with Gasteiger partial charge in [-0.05, 0) is 38.1 Å². The number of para-hydroxylation sites is 1. The van der Waals surface area contributed by atoms with Gasteiger partial charge in [0, 0.05) is 30.3 Å². The van der Waals surface area contributed by atoms with Crippen molar-refractivity contribution in [1.82, 2.24) is 9.88 Å². The Morgan fingerprint density at radius 2 is 2.04 bits per heavy atom. The fraction of sp³-hybridized carbons (Fsp3) is 0.286. The van der Waals surface area contributed by atoms with E-state index in [-0.39, 0.29) is 30.2 Å². The third kappa shape index (κ3) is 3.57. The molecule has 1 aliphatic heterocycles. The molecule has 1 atom stereocenters. The summed E-state index contributed by atoms with van der Waals surface area (Å²) >= 11 is 1.63. The molecule has 5 nitrogen and oxygen atoms in total. The second-order valence-corrected chi connectivity index (χ2v) is 8.13. The molecule has 2 heterocycles. The average molecular weight is 379 g/mol. The maximum Gasteiger partial charge on any atom is 0.229 e. The van der Waals surface area contributed by atoms with E-state index in [9.17, 15) is 9.59 Å².